The molecule has 25 heavy (non-hydrogen) atoms. The van der Waals surface area contributed by atoms with Crippen LogP contribution in [0.1, 0.15) is 27.4 Å². The minimum absolute atomic E-state index is 0.106. The molecule has 3 heteroatoms. The summed E-state index contributed by atoms with van der Waals surface area (Å²) in [6.07, 6.45) is 0. The third kappa shape index (κ3) is 2.74. The molecule has 1 atom stereocenters. The highest BCUT2D eigenvalue weighted by Gasteiger charge is 2.37. The third-order valence-corrected chi connectivity index (χ3v) is 4.46. The van der Waals surface area contributed by atoms with Gasteiger partial charge >= 0.3 is 0 Å². The number of ketones is 1. The first-order chi connectivity index (χ1) is 12.3. The summed E-state index contributed by atoms with van der Waals surface area (Å²) >= 11 is 0. The summed E-state index contributed by atoms with van der Waals surface area (Å²) in [5, 5.41) is 0. The quantitative estimate of drug-likeness (QED) is 0.693. The maximum atomic E-state index is 13.0. The van der Waals surface area contributed by atoms with Crippen LogP contribution in [-0.2, 0) is 0 Å². The third-order valence-electron chi connectivity index (χ3n) is 4.46. The fraction of sp³-hybridized carbons (Fsp3) is 0.0909. The summed E-state index contributed by atoms with van der Waals surface area (Å²) in [5.74, 6) is 0.529. The lowest BCUT2D eigenvalue weighted by Gasteiger charge is -2.11. The largest absolute Gasteiger partial charge is 0.497 e. The molecule has 0 radical (unpaired) electrons. The molecule has 4 rings (SSSR count). The van der Waals surface area contributed by atoms with E-state index in [-0.39, 0.29) is 11.7 Å². The Morgan fingerprint density at radius 2 is 1.44 bits per heavy atom. The number of fused-ring (bicyclic) bond motifs is 1. The zero-order valence-electron chi connectivity index (χ0n) is 13.8. The summed E-state index contributed by atoms with van der Waals surface area (Å²) in [4.78, 5) is 17.8. The van der Waals surface area contributed by atoms with E-state index < -0.39 is 0 Å². The van der Waals surface area contributed by atoms with Crippen LogP contribution in [0.15, 0.2) is 83.9 Å². The molecular formula is C22H17NO2. The minimum Gasteiger partial charge on any atom is -0.497 e. The Balaban J connectivity index is 1.86. The van der Waals surface area contributed by atoms with E-state index in [1.165, 1.54) is 0 Å². The van der Waals surface area contributed by atoms with E-state index >= 15 is 0 Å². The molecule has 0 fully saturated rings. The molecule has 0 saturated heterocycles. The van der Waals surface area contributed by atoms with Gasteiger partial charge in [0.1, 0.15) is 5.75 Å². The molecule has 0 spiro atoms. The molecule has 3 aromatic carbocycles. The van der Waals surface area contributed by atoms with E-state index in [4.69, 9.17) is 9.73 Å². The number of ether oxygens (including phenoxy) is 1. The van der Waals surface area contributed by atoms with Crippen molar-refractivity contribution in [3.63, 3.8) is 0 Å². The minimum atomic E-state index is -0.360. The molecule has 0 unspecified atom stereocenters. The fourth-order valence-electron chi connectivity index (χ4n) is 3.23. The number of nitrogens with zero attached hydrogens (tertiary/aromatic N) is 1. The van der Waals surface area contributed by atoms with Crippen LogP contribution in [0.4, 0.5) is 5.69 Å². The maximum Gasteiger partial charge on any atom is 0.176 e. The highest BCUT2D eigenvalue weighted by Crippen LogP contribution is 2.36. The molecule has 0 aromatic heterocycles. The molecule has 1 aliphatic rings. The van der Waals surface area contributed by atoms with Gasteiger partial charge in [-0.1, -0.05) is 54.6 Å². The Labute approximate surface area is 146 Å². The average Bonchev–Trinajstić information content (AvgIpc) is 2.95. The van der Waals surface area contributed by atoms with Crippen LogP contribution in [0.3, 0.4) is 0 Å². The van der Waals surface area contributed by atoms with Gasteiger partial charge < -0.3 is 4.74 Å². The lowest BCUT2D eigenvalue weighted by molar-refractivity contribution is 0.0988. The van der Waals surface area contributed by atoms with E-state index in [0.29, 0.717) is 0 Å². The van der Waals surface area contributed by atoms with Gasteiger partial charge in [-0.2, -0.15) is 0 Å². The van der Waals surface area contributed by atoms with Crippen LogP contribution < -0.4 is 4.74 Å². The number of methoxy groups -OCH3 is 1. The Morgan fingerprint density at radius 1 is 0.800 bits per heavy atom. The summed E-state index contributed by atoms with van der Waals surface area (Å²) in [5.41, 5.74) is 4.23. The van der Waals surface area contributed by atoms with Gasteiger partial charge in [-0.25, -0.2) is 0 Å². The van der Waals surface area contributed by atoms with Gasteiger partial charge in [0, 0.05) is 11.1 Å². The number of benzene rings is 3. The molecule has 1 aliphatic carbocycles. The number of aliphatic imine (C=N–C) groups is 1. The first-order valence-electron chi connectivity index (χ1n) is 8.19. The zero-order valence-corrected chi connectivity index (χ0v) is 13.8. The molecule has 0 N–H and O–H groups in total. The maximum absolute atomic E-state index is 13.0. The lowest BCUT2D eigenvalue weighted by Crippen LogP contribution is -2.13. The van der Waals surface area contributed by atoms with Crippen LogP contribution in [0.5, 0.6) is 5.75 Å². The first kappa shape index (κ1) is 15.3. The monoisotopic (exact) mass is 327 g/mol. The van der Waals surface area contributed by atoms with Crippen molar-refractivity contribution in [3.05, 3.63) is 95.6 Å². The SMILES string of the molecule is COc1ccc(N=C2c3ccccc3C(=O)[C@@H]2c2ccccc2)cc1. The summed E-state index contributed by atoms with van der Waals surface area (Å²) in [6, 6.07) is 25.1. The second-order valence-electron chi connectivity index (χ2n) is 5.95. The van der Waals surface area contributed by atoms with Crippen molar-refractivity contribution in [3.8, 4) is 5.75 Å². The molecule has 0 aliphatic heterocycles. The van der Waals surface area contributed by atoms with E-state index in [0.717, 1.165) is 33.8 Å². The fourth-order valence-corrected chi connectivity index (χ4v) is 3.23. The number of hydrogen-bond acceptors (Lipinski definition) is 3. The van der Waals surface area contributed by atoms with Crippen molar-refractivity contribution < 1.29 is 9.53 Å². The average molecular weight is 327 g/mol. The molecular weight excluding hydrogens is 310 g/mol. The Bertz CT molecular complexity index is 943. The van der Waals surface area contributed by atoms with Crippen molar-refractivity contribution in [2.75, 3.05) is 7.11 Å². The second-order valence-corrected chi connectivity index (χ2v) is 5.95. The van der Waals surface area contributed by atoms with Crippen LogP contribution in [0, 0.1) is 0 Å². The van der Waals surface area contributed by atoms with Crippen molar-refractivity contribution in [2.24, 2.45) is 4.99 Å². The van der Waals surface area contributed by atoms with Gasteiger partial charge in [0.25, 0.3) is 0 Å². The predicted octanol–water partition coefficient (Wildman–Crippen LogP) is 4.80. The van der Waals surface area contributed by atoms with Crippen LogP contribution in [0.2, 0.25) is 0 Å². The Hall–Kier alpha value is -3.20. The van der Waals surface area contributed by atoms with Gasteiger partial charge in [-0.3, -0.25) is 9.79 Å². The highest BCUT2D eigenvalue weighted by atomic mass is 16.5. The second kappa shape index (κ2) is 6.36. The van der Waals surface area contributed by atoms with E-state index in [2.05, 4.69) is 0 Å². The van der Waals surface area contributed by atoms with Crippen LogP contribution in [-0.4, -0.2) is 18.6 Å². The molecule has 0 saturated carbocycles. The first-order valence-corrected chi connectivity index (χ1v) is 8.19. The lowest BCUT2D eigenvalue weighted by atomic mass is 9.93. The topological polar surface area (TPSA) is 38.7 Å². The van der Waals surface area contributed by atoms with Crippen LogP contribution >= 0.6 is 0 Å². The van der Waals surface area contributed by atoms with Crippen molar-refractivity contribution in [2.45, 2.75) is 5.92 Å². The van der Waals surface area contributed by atoms with E-state index in [9.17, 15) is 4.79 Å². The predicted molar refractivity (Wildman–Crippen MR) is 99.1 cm³/mol. The summed E-state index contributed by atoms with van der Waals surface area (Å²) in [7, 11) is 1.64. The standard InChI is InChI=1S/C22H17NO2/c1-25-17-13-11-16(12-14-17)23-21-18-9-5-6-10-19(18)22(24)20(21)15-7-3-2-4-8-15/h2-14,20H,1H3/t20-/m1/s1. The van der Waals surface area contributed by atoms with Gasteiger partial charge in [0.05, 0.1) is 24.4 Å². The molecule has 3 aromatic rings. The van der Waals surface area contributed by atoms with Crippen molar-refractivity contribution >= 4 is 17.2 Å². The molecule has 0 bridgehead atoms. The Morgan fingerprint density at radius 3 is 2.12 bits per heavy atom. The van der Waals surface area contributed by atoms with E-state index in [1.54, 1.807) is 7.11 Å². The zero-order chi connectivity index (χ0) is 17.2. The van der Waals surface area contributed by atoms with Crippen LogP contribution in [0.25, 0.3) is 0 Å². The molecule has 0 amide bonds. The molecule has 0 heterocycles. The van der Waals surface area contributed by atoms with Crippen molar-refractivity contribution in [1.29, 1.82) is 0 Å². The number of carbonyl (C=O) groups excluding carboxylic acids is 1. The summed E-state index contributed by atoms with van der Waals surface area (Å²) < 4.78 is 5.20. The summed E-state index contributed by atoms with van der Waals surface area (Å²) in [6.45, 7) is 0. The van der Waals surface area contributed by atoms with Gasteiger partial charge in [-0.15, -0.1) is 0 Å². The number of Topliss-reactive ketones (excluding diaryl/α,β-unsaturated/α-hetero) is 1. The molecule has 3 nitrogen and oxygen atoms in total. The van der Waals surface area contributed by atoms with Gasteiger partial charge in [0.15, 0.2) is 5.78 Å². The van der Waals surface area contributed by atoms with Gasteiger partial charge in [-0.05, 0) is 29.8 Å². The smallest absolute Gasteiger partial charge is 0.176 e. The number of hydrogen-bond donors (Lipinski definition) is 0. The number of carbonyl (C=O) groups is 1. The van der Waals surface area contributed by atoms with Gasteiger partial charge in [0.2, 0.25) is 0 Å². The highest BCUT2D eigenvalue weighted by molar-refractivity contribution is 6.32. The Kier molecular flexibility index (Phi) is 3.90. The normalized spacial score (nSPS) is 17.6. The van der Waals surface area contributed by atoms with E-state index in [1.807, 2.05) is 78.9 Å². The molecule has 122 valence electrons. The number of rotatable bonds is 3. The van der Waals surface area contributed by atoms with Crippen molar-refractivity contribution in [1.82, 2.24) is 0 Å².